The number of nitrogens with zero attached hydrogens (tertiary/aromatic N) is 2. The van der Waals surface area contributed by atoms with Crippen molar-refractivity contribution in [2.45, 2.75) is 0 Å². The van der Waals surface area contributed by atoms with Gasteiger partial charge in [-0.05, 0) is 12.1 Å². The Hall–Kier alpha value is -2.37. The zero-order valence-electron chi connectivity index (χ0n) is 11.2. The average Bonchev–Trinajstić information content (AvgIpc) is 2.43. The standard InChI is InChI=1S/C13H17N3O3/c1-16(2)10-6-7-11(15-9-10)13(18)14-8-4-5-12(17)19-3/h4-7,9H,8H2,1-3H3,(H,14,18)/b5-4+. The van der Waals surface area contributed by atoms with Crippen LogP contribution in [0.1, 0.15) is 10.5 Å². The van der Waals surface area contributed by atoms with Gasteiger partial charge in [0.1, 0.15) is 5.69 Å². The predicted molar refractivity (Wildman–Crippen MR) is 72.1 cm³/mol. The smallest absolute Gasteiger partial charge is 0.330 e. The van der Waals surface area contributed by atoms with Gasteiger partial charge in [-0.1, -0.05) is 6.08 Å². The summed E-state index contributed by atoms with van der Waals surface area (Å²) in [7, 11) is 5.09. The third-order valence-electron chi connectivity index (χ3n) is 2.33. The topological polar surface area (TPSA) is 71.5 Å². The van der Waals surface area contributed by atoms with Crippen molar-refractivity contribution in [2.24, 2.45) is 0 Å². The molecule has 0 spiro atoms. The van der Waals surface area contributed by atoms with Crippen LogP contribution in [0, 0.1) is 0 Å². The lowest BCUT2D eigenvalue weighted by Gasteiger charge is -2.11. The maximum atomic E-state index is 11.7. The molecule has 6 heteroatoms. The number of rotatable bonds is 5. The van der Waals surface area contributed by atoms with Crippen LogP contribution in [-0.2, 0) is 9.53 Å². The monoisotopic (exact) mass is 263 g/mol. The third kappa shape index (κ3) is 4.79. The molecular formula is C13H17N3O3. The number of carbonyl (C=O) groups excluding carboxylic acids is 2. The van der Waals surface area contributed by atoms with Crippen molar-refractivity contribution < 1.29 is 14.3 Å². The van der Waals surface area contributed by atoms with E-state index in [4.69, 9.17) is 0 Å². The van der Waals surface area contributed by atoms with Gasteiger partial charge in [0.25, 0.3) is 5.91 Å². The Morgan fingerprint density at radius 1 is 1.42 bits per heavy atom. The summed E-state index contributed by atoms with van der Waals surface area (Å²) in [6, 6.07) is 3.46. The van der Waals surface area contributed by atoms with Gasteiger partial charge in [0, 0.05) is 26.7 Å². The molecule has 0 aliphatic carbocycles. The van der Waals surface area contributed by atoms with E-state index >= 15 is 0 Å². The van der Waals surface area contributed by atoms with E-state index in [1.165, 1.54) is 19.3 Å². The fraction of sp³-hybridized carbons (Fsp3) is 0.308. The molecule has 1 amide bonds. The van der Waals surface area contributed by atoms with Gasteiger partial charge in [0.05, 0.1) is 19.0 Å². The van der Waals surface area contributed by atoms with E-state index in [0.29, 0.717) is 5.69 Å². The minimum Gasteiger partial charge on any atom is -0.466 e. The van der Waals surface area contributed by atoms with Crippen LogP contribution in [0.15, 0.2) is 30.5 Å². The number of carbonyl (C=O) groups is 2. The van der Waals surface area contributed by atoms with Crippen LogP contribution < -0.4 is 10.2 Å². The molecule has 0 aromatic carbocycles. The lowest BCUT2D eigenvalue weighted by Crippen LogP contribution is -2.24. The molecule has 1 heterocycles. The number of hydrogen-bond acceptors (Lipinski definition) is 5. The summed E-state index contributed by atoms with van der Waals surface area (Å²) < 4.78 is 4.42. The molecule has 6 nitrogen and oxygen atoms in total. The Kier molecular flexibility index (Phi) is 5.53. The van der Waals surface area contributed by atoms with Gasteiger partial charge >= 0.3 is 5.97 Å². The third-order valence-corrected chi connectivity index (χ3v) is 2.33. The number of amides is 1. The highest BCUT2D eigenvalue weighted by Gasteiger charge is 2.06. The molecule has 19 heavy (non-hydrogen) atoms. The van der Waals surface area contributed by atoms with E-state index in [1.54, 1.807) is 12.3 Å². The SMILES string of the molecule is COC(=O)/C=C/CNC(=O)c1ccc(N(C)C)cn1. The van der Waals surface area contributed by atoms with Crippen molar-refractivity contribution in [3.63, 3.8) is 0 Å². The van der Waals surface area contributed by atoms with E-state index in [0.717, 1.165) is 5.69 Å². The number of aromatic nitrogens is 1. The molecular weight excluding hydrogens is 246 g/mol. The molecule has 0 aliphatic heterocycles. The fourth-order valence-electron chi connectivity index (χ4n) is 1.25. The highest BCUT2D eigenvalue weighted by molar-refractivity contribution is 5.92. The summed E-state index contributed by atoms with van der Waals surface area (Å²) in [4.78, 5) is 28.4. The molecule has 1 rings (SSSR count). The zero-order valence-corrected chi connectivity index (χ0v) is 11.2. The second-order valence-corrected chi connectivity index (χ2v) is 3.93. The molecule has 0 bridgehead atoms. The Labute approximate surface area is 112 Å². The normalized spacial score (nSPS) is 10.3. The first kappa shape index (κ1) is 14.7. The van der Waals surface area contributed by atoms with Crippen molar-refractivity contribution in [2.75, 3.05) is 32.6 Å². The van der Waals surface area contributed by atoms with E-state index < -0.39 is 5.97 Å². The highest BCUT2D eigenvalue weighted by atomic mass is 16.5. The first-order chi connectivity index (χ1) is 9.04. The van der Waals surface area contributed by atoms with Gasteiger partial charge in [0.15, 0.2) is 0 Å². The molecule has 0 aliphatic rings. The second kappa shape index (κ2) is 7.15. The number of pyridine rings is 1. The van der Waals surface area contributed by atoms with Gasteiger partial charge in [-0.15, -0.1) is 0 Å². The summed E-state index contributed by atoms with van der Waals surface area (Å²) in [6.07, 6.45) is 4.39. The van der Waals surface area contributed by atoms with Gasteiger partial charge < -0.3 is 15.0 Å². The minimum atomic E-state index is -0.456. The van der Waals surface area contributed by atoms with Gasteiger partial charge in [-0.25, -0.2) is 9.78 Å². The van der Waals surface area contributed by atoms with Gasteiger partial charge in [-0.3, -0.25) is 4.79 Å². The van der Waals surface area contributed by atoms with Crippen molar-refractivity contribution in [1.82, 2.24) is 10.3 Å². The van der Waals surface area contributed by atoms with Crippen molar-refractivity contribution in [3.8, 4) is 0 Å². The molecule has 0 saturated heterocycles. The summed E-state index contributed by atoms with van der Waals surface area (Å²) >= 11 is 0. The van der Waals surface area contributed by atoms with Crippen LogP contribution in [0.25, 0.3) is 0 Å². The predicted octanol–water partition coefficient (Wildman–Crippen LogP) is 0.607. The van der Waals surface area contributed by atoms with Crippen LogP contribution >= 0.6 is 0 Å². The zero-order chi connectivity index (χ0) is 14.3. The molecule has 1 aromatic heterocycles. The minimum absolute atomic E-state index is 0.241. The maximum Gasteiger partial charge on any atom is 0.330 e. The number of nitrogens with one attached hydrogen (secondary N) is 1. The van der Waals surface area contributed by atoms with E-state index in [9.17, 15) is 9.59 Å². The maximum absolute atomic E-state index is 11.7. The van der Waals surface area contributed by atoms with Crippen molar-refractivity contribution in [1.29, 1.82) is 0 Å². The Morgan fingerprint density at radius 3 is 2.68 bits per heavy atom. The highest BCUT2D eigenvalue weighted by Crippen LogP contribution is 2.08. The van der Waals surface area contributed by atoms with Crippen LogP contribution in [-0.4, -0.2) is 44.6 Å². The van der Waals surface area contributed by atoms with Crippen LogP contribution in [0.4, 0.5) is 5.69 Å². The summed E-state index contributed by atoms with van der Waals surface area (Å²) in [6.45, 7) is 0.241. The summed E-state index contributed by atoms with van der Waals surface area (Å²) in [5.74, 6) is -0.748. The van der Waals surface area contributed by atoms with E-state index in [-0.39, 0.29) is 12.5 Å². The van der Waals surface area contributed by atoms with Crippen molar-refractivity contribution >= 4 is 17.6 Å². The molecule has 0 fully saturated rings. The molecule has 102 valence electrons. The molecule has 0 unspecified atom stereocenters. The fourth-order valence-corrected chi connectivity index (χ4v) is 1.25. The second-order valence-electron chi connectivity index (χ2n) is 3.93. The van der Waals surface area contributed by atoms with Crippen LogP contribution in [0.5, 0.6) is 0 Å². The molecule has 0 radical (unpaired) electrons. The van der Waals surface area contributed by atoms with Crippen LogP contribution in [0.2, 0.25) is 0 Å². The largest absolute Gasteiger partial charge is 0.466 e. The number of ether oxygens (including phenoxy) is 1. The number of anilines is 1. The van der Waals surface area contributed by atoms with E-state index in [1.807, 2.05) is 25.1 Å². The molecule has 0 atom stereocenters. The van der Waals surface area contributed by atoms with Gasteiger partial charge in [-0.2, -0.15) is 0 Å². The summed E-state index contributed by atoms with van der Waals surface area (Å²) in [5, 5.41) is 2.62. The number of hydrogen-bond donors (Lipinski definition) is 1. The molecule has 0 saturated carbocycles. The average molecular weight is 263 g/mol. The lowest BCUT2D eigenvalue weighted by atomic mass is 10.3. The van der Waals surface area contributed by atoms with Gasteiger partial charge in [0.2, 0.25) is 0 Å². The quantitative estimate of drug-likeness (QED) is 0.622. The first-order valence-corrected chi connectivity index (χ1v) is 5.70. The van der Waals surface area contributed by atoms with Crippen molar-refractivity contribution in [3.05, 3.63) is 36.2 Å². The molecule has 1 N–H and O–H groups in total. The van der Waals surface area contributed by atoms with Crippen LogP contribution in [0.3, 0.4) is 0 Å². The Balaban J connectivity index is 2.50. The number of esters is 1. The van der Waals surface area contributed by atoms with E-state index in [2.05, 4.69) is 15.0 Å². The summed E-state index contributed by atoms with van der Waals surface area (Å²) in [5.41, 5.74) is 1.25. The molecule has 1 aromatic rings. The lowest BCUT2D eigenvalue weighted by molar-refractivity contribution is -0.134. The first-order valence-electron chi connectivity index (χ1n) is 5.70. The Bertz CT molecular complexity index is 467. The Morgan fingerprint density at radius 2 is 2.16 bits per heavy atom. The number of methoxy groups -OCH3 is 1.